The van der Waals surface area contributed by atoms with Crippen molar-refractivity contribution in [3.63, 3.8) is 0 Å². The molecule has 0 aliphatic heterocycles. The fraction of sp³-hybridized carbons (Fsp3) is 0.850. The summed E-state index contributed by atoms with van der Waals surface area (Å²) >= 11 is 0. The molecule has 1 unspecified atom stereocenters. The van der Waals surface area contributed by atoms with Gasteiger partial charge in [0, 0.05) is 13.5 Å². The molecule has 1 atom stereocenters. The van der Waals surface area contributed by atoms with Crippen molar-refractivity contribution < 1.29 is 19.4 Å². The van der Waals surface area contributed by atoms with Gasteiger partial charge in [-0.15, -0.1) is 0 Å². The van der Waals surface area contributed by atoms with Gasteiger partial charge in [0.2, 0.25) is 0 Å². The number of unbranched alkanes of at least 4 members (excludes halogenated alkanes) is 9. The van der Waals surface area contributed by atoms with Crippen LogP contribution in [0.1, 0.15) is 90.4 Å². The zero-order valence-electron chi connectivity index (χ0n) is 16.0. The van der Waals surface area contributed by atoms with Gasteiger partial charge in [0.15, 0.2) is 0 Å². The average Bonchev–Trinajstić information content (AvgIpc) is 2.57. The molecular formula is C20H38O4. The lowest BCUT2D eigenvalue weighted by molar-refractivity contribution is -0.137. The highest BCUT2D eigenvalue weighted by molar-refractivity contribution is 5.66. The summed E-state index contributed by atoms with van der Waals surface area (Å²) < 4.78 is 10.7. The molecule has 0 rings (SSSR count). The molecule has 142 valence electrons. The summed E-state index contributed by atoms with van der Waals surface area (Å²) in [4.78, 5) is 10.4. The van der Waals surface area contributed by atoms with Crippen molar-refractivity contribution in [1.82, 2.24) is 0 Å². The summed E-state index contributed by atoms with van der Waals surface area (Å²) in [5, 5.41) is 8.56. The Labute approximate surface area is 148 Å². The first kappa shape index (κ1) is 23.0. The fourth-order valence-corrected chi connectivity index (χ4v) is 2.78. The van der Waals surface area contributed by atoms with E-state index in [0.717, 1.165) is 31.4 Å². The number of carbonyl (C=O) groups is 1. The van der Waals surface area contributed by atoms with Crippen LogP contribution in [0.5, 0.6) is 0 Å². The monoisotopic (exact) mass is 342 g/mol. The number of hydrogen-bond acceptors (Lipinski definition) is 3. The first-order valence-electron chi connectivity index (χ1n) is 9.55. The van der Waals surface area contributed by atoms with Crippen LogP contribution in [0.2, 0.25) is 0 Å². The molecule has 0 saturated heterocycles. The number of rotatable bonds is 17. The second-order valence-corrected chi connectivity index (χ2v) is 6.58. The first-order chi connectivity index (χ1) is 11.6. The largest absolute Gasteiger partial charge is 0.502 e. The molecule has 0 saturated carbocycles. The number of carboxylic acids is 1. The quantitative estimate of drug-likeness (QED) is 0.272. The van der Waals surface area contributed by atoms with Gasteiger partial charge in [-0.1, -0.05) is 57.8 Å². The number of allylic oxidation sites excluding steroid dienone is 1. The molecule has 0 aliphatic rings. The second kappa shape index (κ2) is 16.8. The van der Waals surface area contributed by atoms with Crippen LogP contribution < -0.4 is 0 Å². The van der Waals surface area contributed by atoms with Gasteiger partial charge in [0.25, 0.3) is 0 Å². The maximum absolute atomic E-state index is 10.4. The van der Waals surface area contributed by atoms with Crippen molar-refractivity contribution >= 4 is 5.97 Å². The molecule has 0 aromatic rings. The molecule has 0 bridgehead atoms. The lowest BCUT2D eigenvalue weighted by Crippen LogP contribution is -2.09. The molecule has 0 amide bonds. The summed E-state index contributed by atoms with van der Waals surface area (Å²) in [6.45, 7) is 1.97. The Morgan fingerprint density at radius 1 is 0.917 bits per heavy atom. The third-order valence-electron chi connectivity index (χ3n) is 4.49. The molecule has 0 radical (unpaired) electrons. The number of methoxy groups -OCH3 is 2. The van der Waals surface area contributed by atoms with Crippen molar-refractivity contribution in [2.75, 3.05) is 14.2 Å². The topological polar surface area (TPSA) is 55.8 Å². The molecule has 4 nitrogen and oxygen atoms in total. The van der Waals surface area contributed by atoms with E-state index in [1.165, 1.54) is 51.4 Å². The smallest absolute Gasteiger partial charge is 0.303 e. The van der Waals surface area contributed by atoms with Crippen molar-refractivity contribution in [1.29, 1.82) is 0 Å². The van der Waals surface area contributed by atoms with Crippen LogP contribution in [-0.2, 0) is 14.3 Å². The molecule has 4 heteroatoms. The predicted molar refractivity (Wildman–Crippen MR) is 99.2 cm³/mol. The van der Waals surface area contributed by atoms with E-state index in [-0.39, 0.29) is 0 Å². The summed E-state index contributed by atoms with van der Waals surface area (Å²) in [5.41, 5.74) is 0. The SMILES string of the molecule is CO/C(C)=C\CC(CCCCCCCCCCCCC(=O)O)OC. The fourth-order valence-electron chi connectivity index (χ4n) is 2.78. The van der Waals surface area contributed by atoms with Crippen LogP contribution in [0, 0.1) is 0 Å². The lowest BCUT2D eigenvalue weighted by atomic mass is 10.0. The molecule has 0 aliphatic carbocycles. The Balaban J connectivity index is 3.36. The Hall–Kier alpha value is -1.03. The molecule has 0 fully saturated rings. The van der Waals surface area contributed by atoms with Crippen LogP contribution in [0.15, 0.2) is 11.8 Å². The van der Waals surface area contributed by atoms with Crippen LogP contribution >= 0.6 is 0 Å². The van der Waals surface area contributed by atoms with Gasteiger partial charge in [0.05, 0.1) is 19.0 Å². The second-order valence-electron chi connectivity index (χ2n) is 6.58. The van der Waals surface area contributed by atoms with Crippen LogP contribution in [0.4, 0.5) is 0 Å². The molecular weight excluding hydrogens is 304 g/mol. The highest BCUT2D eigenvalue weighted by Gasteiger charge is 2.05. The summed E-state index contributed by atoms with van der Waals surface area (Å²) in [6.07, 6.45) is 16.8. The van der Waals surface area contributed by atoms with Crippen molar-refractivity contribution in [2.24, 2.45) is 0 Å². The zero-order valence-corrected chi connectivity index (χ0v) is 16.0. The first-order valence-corrected chi connectivity index (χ1v) is 9.55. The van der Waals surface area contributed by atoms with E-state index >= 15 is 0 Å². The van der Waals surface area contributed by atoms with Crippen molar-refractivity contribution in [2.45, 2.75) is 96.5 Å². The molecule has 0 heterocycles. The highest BCUT2D eigenvalue weighted by atomic mass is 16.5. The van der Waals surface area contributed by atoms with E-state index in [1.54, 1.807) is 14.2 Å². The Morgan fingerprint density at radius 3 is 1.88 bits per heavy atom. The number of ether oxygens (including phenoxy) is 2. The van der Waals surface area contributed by atoms with E-state index in [4.69, 9.17) is 14.6 Å². The Bertz CT molecular complexity index is 326. The molecule has 0 aromatic carbocycles. The third-order valence-corrected chi connectivity index (χ3v) is 4.49. The highest BCUT2D eigenvalue weighted by Crippen LogP contribution is 2.15. The molecule has 0 spiro atoms. The summed E-state index contributed by atoms with van der Waals surface area (Å²) in [5.74, 6) is 0.288. The van der Waals surface area contributed by atoms with E-state index < -0.39 is 5.97 Å². The van der Waals surface area contributed by atoms with Crippen molar-refractivity contribution in [3.8, 4) is 0 Å². The summed E-state index contributed by atoms with van der Waals surface area (Å²) in [7, 11) is 3.49. The molecule has 1 N–H and O–H groups in total. The normalized spacial score (nSPS) is 13.0. The predicted octanol–water partition coefficient (Wildman–Crippen LogP) is 5.71. The van der Waals surface area contributed by atoms with E-state index in [2.05, 4.69) is 6.08 Å². The number of carboxylic acid groups (broad SMARTS) is 1. The molecule has 24 heavy (non-hydrogen) atoms. The molecule has 0 aromatic heterocycles. The maximum Gasteiger partial charge on any atom is 0.303 e. The Kier molecular flexibility index (Phi) is 16.1. The minimum atomic E-state index is -0.671. The number of hydrogen-bond donors (Lipinski definition) is 1. The van der Waals surface area contributed by atoms with Crippen LogP contribution in [0.25, 0.3) is 0 Å². The average molecular weight is 343 g/mol. The standard InChI is InChI=1S/C20H38O4/c1-18(23-2)16-17-19(24-3)14-12-10-8-6-4-5-7-9-11-13-15-20(21)22/h16,19H,4-15,17H2,1-3H3,(H,21,22)/b18-16-. The van der Waals surface area contributed by atoms with E-state index in [0.29, 0.717) is 12.5 Å². The van der Waals surface area contributed by atoms with Gasteiger partial charge in [-0.3, -0.25) is 4.79 Å². The minimum absolute atomic E-state index is 0.306. The third kappa shape index (κ3) is 15.9. The summed E-state index contributed by atoms with van der Waals surface area (Å²) in [6, 6.07) is 0. The van der Waals surface area contributed by atoms with Gasteiger partial charge >= 0.3 is 5.97 Å². The van der Waals surface area contributed by atoms with Gasteiger partial charge in [-0.25, -0.2) is 0 Å². The van der Waals surface area contributed by atoms with Crippen LogP contribution in [0.3, 0.4) is 0 Å². The van der Waals surface area contributed by atoms with Gasteiger partial charge in [-0.2, -0.15) is 0 Å². The minimum Gasteiger partial charge on any atom is -0.502 e. The van der Waals surface area contributed by atoms with E-state index in [9.17, 15) is 4.79 Å². The van der Waals surface area contributed by atoms with Gasteiger partial charge in [0.1, 0.15) is 0 Å². The lowest BCUT2D eigenvalue weighted by Gasteiger charge is -2.13. The van der Waals surface area contributed by atoms with Gasteiger partial charge in [-0.05, 0) is 32.3 Å². The van der Waals surface area contributed by atoms with Crippen molar-refractivity contribution in [3.05, 3.63) is 11.8 Å². The number of aliphatic carboxylic acids is 1. The Morgan fingerprint density at radius 2 is 1.42 bits per heavy atom. The van der Waals surface area contributed by atoms with Gasteiger partial charge < -0.3 is 14.6 Å². The zero-order chi connectivity index (χ0) is 18.0. The van der Waals surface area contributed by atoms with E-state index in [1.807, 2.05) is 6.92 Å². The maximum atomic E-state index is 10.4. The van der Waals surface area contributed by atoms with Crippen LogP contribution in [-0.4, -0.2) is 31.4 Å².